The fraction of sp³-hybridized carbons (Fsp3) is 0. The summed E-state index contributed by atoms with van der Waals surface area (Å²) in [5.74, 6) is 0. The topological polar surface area (TPSA) is 74.7 Å². The van der Waals surface area contributed by atoms with E-state index >= 15 is 0 Å². The number of rotatable bonds is 5. The second-order valence-electron chi connectivity index (χ2n) is 13.7. The minimum Gasteiger partial charge on any atom is -0.309 e. The summed E-state index contributed by atoms with van der Waals surface area (Å²) in [5.41, 5.74) is 12.3. The van der Waals surface area contributed by atoms with Gasteiger partial charge in [-0.25, -0.2) is 9.83 Å². The van der Waals surface area contributed by atoms with Gasteiger partial charge in [-0.05, 0) is 77.7 Å². The number of aromatic nitrogens is 3. The molecule has 0 radical (unpaired) electrons. The highest BCUT2D eigenvalue weighted by Gasteiger charge is 2.23. The van der Waals surface area contributed by atoms with Crippen LogP contribution in [0.15, 0.2) is 170 Å². The summed E-state index contributed by atoms with van der Waals surface area (Å²) in [6, 6.07) is 61.5. The summed E-state index contributed by atoms with van der Waals surface area (Å²) in [6.07, 6.45) is 0. The highest BCUT2D eigenvalue weighted by Crippen LogP contribution is 2.42. The number of nitrogens with zero attached hydrogens (tertiary/aromatic N) is 6. The van der Waals surface area contributed by atoms with E-state index < -0.39 is 0 Å². The molecule has 56 heavy (non-hydrogen) atoms. The number of hydrogen-bond acceptors (Lipinski definition) is 3. The Morgan fingerprint density at radius 2 is 1.00 bits per heavy atom. The van der Waals surface area contributed by atoms with Gasteiger partial charge < -0.3 is 9.13 Å². The van der Waals surface area contributed by atoms with E-state index in [1.165, 1.54) is 0 Å². The quantitative estimate of drug-likeness (QED) is 0.167. The smallest absolute Gasteiger partial charge is 0.188 e. The Morgan fingerprint density at radius 1 is 0.464 bits per heavy atom. The van der Waals surface area contributed by atoms with Gasteiger partial charge in [0.25, 0.3) is 0 Å². The molecule has 0 aliphatic heterocycles. The predicted molar refractivity (Wildman–Crippen MR) is 225 cm³/mol. The Balaban J connectivity index is 1.36. The number of benzene rings is 7. The van der Waals surface area contributed by atoms with Crippen LogP contribution in [0.3, 0.4) is 0 Å². The molecule has 0 N–H and O–H groups in total. The average molecular weight is 713 g/mol. The van der Waals surface area contributed by atoms with Crippen LogP contribution in [0.2, 0.25) is 0 Å². The van der Waals surface area contributed by atoms with E-state index in [-0.39, 0.29) is 0 Å². The van der Waals surface area contributed by atoms with E-state index in [9.17, 15) is 10.5 Å². The van der Waals surface area contributed by atoms with Crippen molar-refractivity contribution in [2.75, 3.05) is 0 Å². The minimum absolute atomic E-state index is 0.486. The molecule has 10 aromatic rings. The van der Waals surface area contributed by atoms with Crippen molar-refractivity contribution in [1.82, 2.24) is 14.1 Å². The third kappa shape index (κ3) is 5.12. The molecule has 0 saturated carbocycles. The molecule has 0 saturated heterocycles. The van der Waals surface area contributed by atoms with Gasteiger partial charge in [-0.1, -0.05) is 103 Å². The Hall–Kier alpha value is -8.24. The summed E-state index contributed by atoms with van der Waals surface area (Å²) in [4.78, 5) is 8.95. The van der Waals surface area contributed by atoms with Crippen molar-refractivity contribution in [2.45, 2.75) is 0 Å². The molecular formula is C50H28N6. The van der Waals surface area contributed by atoms with Crippen LogP contribution in [-0.4, -0.2) is 14.1 Å². The molecule has 0 atom stereocenters. The first kappa shape index (κ1) is 32.4. The highest BCUT2D eigenvalue weighted by atomic mass is 15.0. The van der Waals surface area contributed by atoms with E-state index in [0.717, 1.165) is 88.6 Å². The van der Waals surface area contributed by atoms with Gasteiger partial charge in [0.2, 0.25) is 0 Å². The van der Waals surface area contributed by atoms with Gasteiger partial charge >= 0.3 is 0 Å². The number of pyridine rings is 1. The molecule has 0 aliphatic rings. The number of para-hydroxylation sites is 2. The SMILES string of the molecule is [C-]#[N+]c1ccc2c(c1)c1ccccc1n2-c1cc(C#N)c(-n2c3ccccc3c3cc(C#N)ccc32)cc1-c1cc(-c2ccccc2)nc(-c2ccccc2)c1. The highest BCUT2D eigenvalue weighted by molar-refractivity contribution is 6.12. The normalized spacial score (nSPS) is 11.2. The Morgan fingerprint density at radius 3 is 1.59 bits per heavy atom. The van der Waals surface area contributed by atoms with Crippen LogP contribution in [0.5, 0.6) is 0 Å². The van der Waals surface area contributed by atoms with E-state index in [4.69, 9.17) is 11.6 Å². The third-order valence-electron chi connectivity index (χ3n) is 10.6. The van der Waals surface area contributed by atoms with Crippen molar-refractivity contribution < 1.29 is 0 Å². The van der Waals surface area contributed by atoms with Crippen molar-refractivity contribution in [2.24, 2.45) is 0 Å². The zero-order chi connectivity index (χ0) is 37.8. The molecule has 3 heterocycles. The fourth-order valence-electron chi connectivity index (χ4n) is 8.06. The zero-order valence-electron chi connectivity index (χ0n) is 29.8. The Bertz CT molecular complexity index is 3270. The van der Waals surface area contributed by atoms with Crippen molar-refractivity contribution in [3.05, 3.63) is 192 Å². The van der Waals surface area contributed by atoms with Crippen molar-refractivity contribution in [3.63, 3.8) is 0 Å². The lowest BCUT2D eigenvalue weighted by Gasteiger charge is -2.20. The minimum atomic E-state index is 0.486. The van der Waals surface area contributed by atoms with Crippen LogP contribution >= 0.6 is 0 Å². The second-order valence-corrected chi connectivity index (χ2v) is 13.7. The number of nitriles is 2. The summed E-state index contributed by atoms with van der Waals surface area (Å²) < 4.78 is 4.36. The third-order valence-corrected chi connectivity index (χ3v) is 10.6. The van der Waals surface area contributed by atoms with Gasteiger partial charge in [-0.3, -0.25) is 0 Å². The zero-order valence-corrected chi connectivity index (χ0v) is 29.8. The lowest BCUT2D eigenvalue weighted by Crippen LogP contribution is -2.04. The van der Waals surface area contributed by atoms with Crippen LogP contribution in [-0.2, 0) is 0 Å². The van der Waals surface area contributed by atoms with Crippen LogP contribution in [0.4, 0.5) is 5.69 Å². The Kier molecular flexibility index (Phi) is 7.53. The van der Waals surface area contributed by atoms with Crippen LogP contribution in [0, 0.1) is 29.2 Å². The number of hydrogen-bond donors (Lipinski definition) is 0. The Labute approximate surface area is 322 Å². The molecule has 7 aromatic carbocycles. The van der Waals surface area contributed by atoms with E-state index in [1.54, 1.807) is 0 Å². The van der Waals surface area contributed by atoms with Gasteiger partial charge in [0.05, 0.1) is 68.6 Å². The monoisotopic (exact) mass is 712 g/mol. The van der Waals surface area contributed by atoms with Crippen molar-refractivity contribution in [3.8, 4) is 57.2 Å². The molecule has 0 unspecified atom stereocenters. The molecule has 258 valence electrons. The van der Waals surface area contributed by atoms with Crippen LogP contribution in [0.1, 0.15) is 11.1 Å². The first-order valence-corrected chi connectivity index (χ1v) is 18.2. The van der Waals surface area contributed by atoms with Gasteiger partial charge in [0.1, 0.15) is 6.07 Å². The molecule has 6 heteroatoms. The lowest BCUT2D eigenvalue weighted by atomic mass is 9.96. The van der Waals surface area contributed by atoms with E-state index in [2.05, 4.69) is 92.8 Å². The van der Waals surface area contributed by atoms with Gasteiger partial charge in [-0.15, -0.1) is 0 Å². The number of fused-ring (bicyclic) bond motifs is 6. The molecule has 0 spiro atoms. The second kappa shape index (κ2) is 13.0. The summed E-state index contributed by atoms with van der Waals surface area (Å²) in [6.45, 7) is 7.77. The van der Waals surface area contributed by atoms with Gasteiger partial charge in [0.15, 0.2) is 5.69 Å². The predicted octanol–water partition coefficient (Wildman–Crippen LogP) is 12.6. The van der Waals surface area contributed by atoms with Crippen molar-refractivity contribution in [1.29, 1.82) is 10.5 Å². The molecule has 0 amide bonds. The van der Waals surface area contributed by atoms with Gasteiger partial charge in [0, 0.05) is 32.8 Å². The molecule has 0 aliphatic carbocycles. The summed E-state index contributed by atoms with van der Waals surface area (Å²) >= 11 is 0. The first-order valence-electron chi connectivity index (χ1n) is 18.2. The van der Waals surface area contributed by atoms with Crippen molar-refractivity contribution >= 4 is 49.3 Å². The standard InChI is InChI=1S/C50H28N6/c1-53-37-21-23-48-42(28-37)39-17-9-11-19-46(39)56(48)50-27-36(31-52)49(55-45-18-10-8-16-38(45)41-24-32(30-51)20-22-47(41)55)29-40(50)35-25-43(33-12-4-2-5-13-33)54-44(26-35)34-14-6-3-7-15-34/h2-29H. The maximum absolute atomic E-state index is 11.0. The average Bonchev–Trinajstić information content (AvgIpc) is 3.78. The van der Waals surface area contributed by atoms with Crippen LogP contribution < -0.4 is 0 Å². The van der Waals surface area contributed by atoms with Crippen LogP contribution in [0.25, 0.3) is 93.5 Å². The van der Waals surface area contributed by atoms with E-state index in [0.29, 0.717) is 16.8 Å². The summed E-state index contributed by atoms with van der Waals surface area (Å²) in [5, 5.41) is 24.8. The molecular weight excluding hydrogens is 685 g/mol. The van der Waals surface area contributed by atoms with E-state index in [1.807, 2.05) is 103 Å². The fourth-order valence-corrected chi connectivity index (χ4v) is 8.06. The molecule has 0 bridgehead atoms. The van der Waals surface area contributed by atoms with Gasteiger partial charge in [-0.2, -0.15) is 10.5 Å². The summed E-state index contributed by atoms with van der Waals surface area (Å²) in [7, 11) is 0. The molecule has 3 aromatic heterocycles. The maximum atomic E-state index is 11.0. The lowest BCUT2D eigenvalue weighted by molar-refractivity contribution is 1.13. The first-order chi connectivity index (χ1) is 27.6. The molecule has 0 fully saturated rings. The maximum Gasteiger partial charge on any atom is 0.188 e. The molecule has 10 rings (SSSR count). The largest absolute Gasteiger partial charge is 0.309 e. The molecule has 6 nitrogen and oxygen atoms in total.